The minimum absolute atomic E-state index is 0.0491. The van der Waals surface area contributed by atoms with Gasteiger partial charge in [0.1, 0.15) is 24.1 Å². The first kappa shape index (κ1) is 30.8. The third-order valence-corrected chi connectivity index (χ3v) is 8.82. The third-order valence-electron chi connectivity index (χ3n) is 6.29. The summed E-state index contributed by atoms with van der Waals surface area (Å²) in [5.74, 6) is 0.324. The number of ether oxygens (including phenoxy) is 2. The van der Waals surface area contributed by atoms with Gasteiger partial charge in [-0.3, -0.25) is 13.9 Å². The molecular weight excluding hydrogens is 550 g/mol. The van der Waals surface area contributed by atoms with Crippen molar-refractivity contribution in [2.75, 3.05) is 37.9 Å². The molecule has 0 aliphatic heterocycles. The smallest absolute Gasteiger partial charge is 0.264 e. The molecule has 0 saturated heterocycles. The summed E-state index contributed by atoms with van der Waals surface area (Å²) in [6, 6.07) is 19.3. The van der Waals surface area contributed by atoms with Gasteiger partial charge in [-0.15, -0.1) is 11.8 Å². The number of carbonyl (C=O) groups excluding carboxylic acids is 2. The summed E-state index contributed by atoms with van der Waals surface area (Å²) in [5, 5.41) is 2.57. The molecule has 3 aromatic rings. The number of hydrogen-bond acceptors (Lipinski definition) is 7. The zero-order valence-electron chi connectivity index (χ0n) is 23.3. The van der Waals surface area contributed by atoms with Gasteiger partial charge in [0.15, 0.2) is 0 Å². The maximum Gasteiger partial charge on any atom is 0.264 e. The van der Waals surface area contributed by atoms with Gasteiger partial charge in [0, 0.05) is 18.5 Å². The van der Waals surface area contributed by atoms with Gasteiger partial charge in [0.25, 0.3) is 10.0 Å². The number of likely N-dealkylation sites (N-methyl/N-ethyl adjacent to an activating group) is 1. The fourth-order valence-corrected chi connectivity index (χ4v) is 5.82. The van der Waals surface area contributed by atoms with Crippen LogP contribution in [0.2, 0.25) is 0 Å². The summed E-state index contributed by atoms with van der Waals surface area (Å²) in [4.78, 5) is 28.8. The van der Waals surface area contributed by atoms with Gasteiger partial charge in [-0.25, -0.2) is 8.42 Å². The van der Waals surface area contributed by atoms with Crippen molar-refractivity contribution >= 4 is 39.3 Å². The molecule has 3 aromatic carbocycles. The summed E-state index contributed by atoms with van der Waals surface area (Å²) in [7, 11) is -1.10. The van der Waals surface area contributed by atoms with E-state index in [0.717, 1.165) is 14.8 Å². The number of amides is 2. The number of thioether (sulfide) groups is 1. The number of methoxy groups -OCH3 is 1. The predicted molar refractivity (Wildman–Crippen MR) is 157 cm³/mol. The van der Waals surface area contributed by atoms with E-state index in [2.05, 4.69) is 5.32 Å². The van der Waals surface area contributed by atoms with Crippen molar-refractivity contribution in [1.29, 1.82) is 0 Å². The van der Waals surface area contributed by atoms with Crippen LogP contribution in [0.25, 0.3) is 0 Å². The van der Waals surface area contributed by atoms with E-state index in [1.807, 2.05) is 13.2 Å². The Bertz CT molecular complexity index is 1380. The fourth-order valence-electron chi connectivity index (χ4n) is 4.00. The molecule has 9 nitrogen and oxygen atoms in total. The highest BCUT2D eigenvalue weighted by molar-refractivity contribution is 7.98. The Labute approximate surface area is 240 Å². The number of rotatable bonds is 13. The van der Waals surface area contributed by atoms with E-state index >= 15 is 0 Å². The molecule has 11 heteroatoms. The van der Waals surface area contributed by atoms with E-state index in [1.54, 1.807) is 74.7 Å². The average Bonchev–Trinajstić information content (AvgIpc) is 2.98. The van der Waals surface area contributed by atoms with Crippen LogP contribution in [0.15, 0.2) is 82.6 Å². The summed E-state index contributed by atoms with van der Waals surface area (Å²) in [6.45, 7) is 3.50. The number of hydrogen-bond donors (Lipinski definition) is 1. The van der Waals surface area contributed by atoms with Gasteiger partial charge in [0.2, 0.25) is 11.8 Å². The topological polar surface area (TPSA) is 105 Å². The van der Waals surface area contributed by atoms with E-state index in [4.69, 9.17) is 9.47 Å². The van der Waals surface area contributed by atoms with Crippen LogP contribution in [0.1, 0.15) is 19.4 Å². The van der Waals surface area contributed by atoms with Gasteiger partial charge in [-0.05, 0) is 86.3 Å². The molecule has 0 aliphatic carbocycles. The lowest BCUT2D eigenvalue weighted by molar-refractivity contribution is -0.139. The predicted octanol–water partition coefficient (Wildman–Crippen LogP) is 4.17. The molecular formula is C29H35N3O6S2. The summed E-state index contributed by atoms with van der Waals surface area (Å²) >= 11 is 1.50. The van der Waals surface area contributed by atoms with Crippen molar-refractivity contribution in [1.82, 2.24) is 10.2 Å². The molecule has 0 unspecified atom stereocenters. The van der Waals surface area contributed by atoms with Crippen LogP contribution in [-0.2, 0) is 26.2 Å². The molecule has 0 aromatic heterocycles. The monoisotopic (exact) mass is 585 g/mol. The zero-order chi connectivity index (χ0) is 29.3. The molecule has 0 fully saturated rings. The number of sulfonamides is 1. The van der Waals surface area contributed by atoms with Crippen molar-refractivity contribution in [3.63, 3.8) is 0 Å². The van der Waals surface area contributed by atoms with E-state index in [1.165, 1.54) is 35.8 Å². The van der Waals surface area contributed by atoms with Gasteiger partial charge in [0.05, 0.1) is 24.3 Å². The van der Waals surface area contributed by atoms with E-state index in [9.17, 15) is 18.0 Å². The number of carbonyl (C=O) groups is 2. The van der Waals surface area contributed by atoms with E-state index < -0.39 is 28.5 Å². The second-order valence-electron chi connectivity index (χ2n) is 8.77. The number of anilines is 1. The molecule has 1 atom stereocenters. The van der Waals surface area contributed by atoms with Gasteiger partial charge >= 0.3 is 0 Å². The minimum atomic E-state index is -4.15. The Balaban J connectivity index is 2.02. The average molecular weight is 586 g/mol. The molecule has 214 valence electrons. The quantitative estimate of drug-likeness (QED) is 0.300. The lowest BCUT2D eigenvalue weighted by atomic mass is 10.1. The minimum Gasteiger partial charge on any atom is -0.497 e. The standard InChI is InChI=1S/C29H35N3O6S2/c1-6-38-25-13-9-23(10-14-25)32(40(35,36)27-17-15-26(39-5)16-18-27)20-28(33)31(21(2)29(34)30-3)19-22-7-11-24(37-4)12-8-22/h7-18,21H,6,19-20H2,1-5H3,(H,30,34)/t21-/m1/s1. The van der Waals surface area contributed by atoms with Crippen molar-refractivity contribution < 1.29 is 27.5 Å². The highest BCUT2D eigenvalue weighted by Gasteiger charge is 2.32. The van der Waals surface area contributed by atoms with Gasteiger partial charge in [-0.1, -0.05) is 12.1 Å². The first-order valence-electron chi connectivity index (χ1n) is 12.7. The highest BCUT2D eigenvalue weighted by Crippen LogP contribution is 2.28. The number of nitrogens with zero attached hydrogens (tertiary/aromatic N) is 2. The number of benzene rings is 3. The molecule has 1 N–H and O–H groups in total. The van der Waals surface area contributed by atoms with Crippen LogP contribution in [0, 0.1) is 0 Å². The lowest BCUT2D eigenvalue weighted by Gasteiger charge is -2.31. The van der Waals surface area contributed by atoms with Crippen LogP contribution in [0.4, 0.5) is 5.69 Å². The van der Waals surface area contributed by atoms with Crippen molar-refractivity contribution in [3.05, 3.63) is 78.4 Å². The van der Waals surface area contributed by atoms with Crippen molar-refractivity contribution in [2.45, 2.75) is 36.2 Å². The normalized spacial score (nSPS) is 11.8. The second-order valence-corrected chi connectivity index (χ2v) is 11.5. The van der Waals surface area contributed by atoms with Crippen LogP contribution >= 0.6 is 11.8 Å². The van der Waals surface area contributed by atoms with Crippen molar-refractivity contribution in [2.24, 2.45) is 0 Å². The zero-order valence-corrected chi connectivity index (χ0v) is 24.9. The number of nitrogens with one attached hydrogen (secondary N) is 1. The molecule has 0 saturated carbocycles. The second kappa shape index (κ2) is 14.1. The largest absolute Gasteiger partial charge is 0.497 e. The Morgan fingerprint density at radius 2 is 1.55 bits per heavy atom. The van der Waals surface area contributed by atoms with Gasteiger partial charge < -0.3 is 19.7 Å². The maximum atomic E-state index is 13.9. The van der Waals surface area contributed by atoms with Crippen LogP contribution in [0.5, 0.6) is 11.5 Å². The molecule has 0 spiro atoms. The van der Waals surface area contributed by atoms with E-state index in [-0.39, 0.29) is 17.3 Å². The molecule has 0 aliphatic rings. The molecule has 0 radical (unpaired) electrons. The molecule has 3 rings (SSSR count). The van der Waals surface area contributed by atoms with Crippen molar-refractivity contribution in [3.8, 4) is 11.5 Å². The maximum absolute atomic E-state index is 13.9. The van der Waals surface area contributed by atoms with Gasteiger partial charge in [-0.2, -0.15) is 0 Å². The lowest BCUT2D eigenvalue weighted by Crippen LogP contribution is -2.50. The Morgan fingerprint density at radius 1 is 0.950 bits per heavy atom. The van der Waals surface area contributed by atoms with Crippen LogP contribution < -0.4 is 19.1 Å². The highest BCUT2D eigenvalue weighted by atomic mass is 32.2. The first-order chi connectivity index (χ1) is 19.1. The fraction of sp³-hybridized carbons (Fsp3) is 0.310. The van der Waals surface area contributed by atoms with E-state index in [0.29, 0.717) is 23.8 Å². The molecule has 0 heterocycles. The Morgan fingerprint density at radius 3 is 2.08 bits per heavy atom. The Kier molecular flexibility index (Phi) is 10.9. The Hall–Kier alpha value is -3.70. The van der Waals surface area contributed by atoms with Crippen LogP contribution in [0.3, 0.4) is 0 Å². The SMILES string of the molecule is CCOc1ccc(N(CC(=O)N(Cc2ccc(OC)cc2)[C@H](C)C(=O)NC)S(=O)(=O)c2ccc(SC)cc2)cc1. The summed E-state index contributed by atoms with van der Waals surface area (Å²) in [6.07, 6.45) is 1.90. The summed E-state index contributed by atoms with van der Waals surface area (Å²) < 4.78 is 39.6. The molecule has 40 heavy (non-hydrogen) atoms. The summed E-state index contributed by atoms with van der Waals surface area (Å²) in [5.41, 5.74) is 1.05. The molecule has 0 bridgehead atoms. The van der Waals surface area contributed by atoms with Crippen LogP contribution in [-0.4, -0.2) is 64.7 Å². The molecule has 2 amide bonds. The first-order valence-corrected chi connectivity index (χ1v) is 15.3. The third kappa shape index (κ3) is 7.48.